The number of hydrogen-bond acceptors (Lipinski definition) is 1. The molecule has 2 aliphatic carbocycles. The molecule has 0 radical (unpaired) electrons. The van der Waals surface area contributed by atoms with Crippen molar-refractivity contribution in [3.05, 3.63) is 0 Å². The highest BCUT2D eigenvalue weighted by Crippen LogP contribution is 2.58. The second-order valence-corrected chi connectivity index (χ2v) is 4.51. The van der Waals surface area contributed by atoms with Gasteiger partial charge in [0.1, 0.15) is 0 Å². The van der Waals surface area contributed by atoms with Crippen LogP contribution in [0, 0.1) is 11.3 Å². The average Bonchev–Trinajstić information content (AvgIpc) is 2.59. The van der Waals surface area contributed by atoms with E-state index < -0.39 is 12.1 Å². The van der Waals surface area contributed by atoms with E-state index >= 15 is 0 Å². The Hall–Kier alpha value is -0.250. The Morgan fingerprint density at radius 3 is 2.31 bits per heavy atom. The molecule has 1 spiro atoms. The second kappa shape index (κ2) is 2.62. The van der Waals surface area contributed by atoms with E-state index in [1.807, 2.05) is 0 Å². The minimum Gasteiger partial charge on any atom is -0.327 e. The molecule has 0 aliphatic heterocycles. The molecule has 1 nitrogen and oxygen atoms in total. The quantitative estimate of drug-likeness (QED) is 0.628. The Balaban J connectivity index is 2.01. The van der Waals surface area contributed by atoms with E-state index in [0.29, 0.717) is 12.8 Å². The summed E-state index contributed by atoms with van der Waals surface area (Å²) in [5.41, 5.74) is 5.54. The second-order valence-electron chi connectivity index (χ2n) is 4.51. The lowest BCUT2D eigenvalue weighted by Crippen LogP contribution is -2.31. The highest BCUT2D eigenvalue weighted by molar-refractivity contribution is 5.08. The maximum Gasteiger partial charge on any atom is 0.391 e. The Morgan fingerprint density at radius 2 is 1.85 bits per heavy atom. The molecule has 0 bridgehead atoms. The maximum absolute atomic E-state index is 12.4. The van der Waals surface area contributed by atoms with Crippen LogP contribution in [0.2, 0.25) is 0 Å². The van der Waals surface area contributed by atoms with E-state index in [1.165, 1.54) is 0 Å². The van der Waals surface area contributed by atoms with Crippen LogP contribution < -0.4 is 5.73 Å². The van der Waals surface area contributed by atoms with Crippen LogP contribution in [0.5, 0.6) is 0 Å². The van der Waals surface area contributed by atoms with E-state index in [9.17, 15) is 13.2 Å². The molecule has 13 heavy (non-hydrogen) atoms. The monoisotopic (exact) mass is 193 g/mol. The zero-order valence-corrected chi connectivity index (χ0v) is 7.40. The van der Waals surface area contributed by atoms with Crippen LogP contribution in [0.4, 0.5) is 13.2 Å². The lowest BCUT2D eigenvalue weighted by Gasteiger charge is -2.31. The summed E-state index contributed by atoms with van der Waals surface area (Å²) >= 11 is 0. The summed E-state index contributed by atoms with van der Waals surface area (Å²) in [6, 6.07) is 0.0395. The van der Waals surface area contributed by atoms with Crippen molar-refractivity contribution >= 4 is 0 Å². The van der Waals surface area contributed by atoms with E-state index in [0.717, 1.165) is 12.8 Å². The molecule has 0 unspecified atom stereocenters. The van der Waals surface area contributed by atoms with Crippen LogP contribution in [-0.2, 0) is 0 Å². The fourth-order valence-corrected chi connectivity index (χ4v) is 2.58. The van der Waals surface area contributed by atoms with Crippen LogP contribution in [0.15, 0.2) is 0 Å². The van der Waals surface area contributed by atoms with Gasteiger partial charge < -0.3 is 5.73 Å². The lowest BCUT2D eigenvalue weighted by molar-refractivity contribution is -0.187. The SMILES string of the molecule is N[C@@H]1C[C@]12CCC[C@@H](C(F)(F)F)C2. The number of nitrogens with two attached hydrogens (primary N) is 1. The number of alkyl halides is 3. The fourth-order valence-electron chi connectivity index (χ4n) is 2.58. The molecule has 0 aromatic rings. The molecule has 0 heterocycles. The van der Waals surface area contributed by atoms with Crippen molar-refractivity contribution in [1.82, 2.24) is 0 Å². The van der Waals surface area contributed by atoms with Gasteiger partial charge in [0, 0.05) is 6.04 Å². The van der Waals surface area contributed by atoms with Crippen LogP contribution >= 0.6 is 0 Å². The van der Waals surface area contributed by atoms with Crippen LogP contribution in [0.3, 0.4) is 0 Å². The first-order chi connectivity index (χ1) is 5.94. The lowest BCUT2D eigenvalue weighted by atomic mass is 9.78. The molecular weight excluding hydrogens is 179 g/mol. The van der Waals surface area contributed by atoms with Gasteiger partial charge in [0.2, 0.25) is 0 Å². The summed E-state index contributed by atoms with van der Waals surface area (Å²) in [5, 5.41) is 0. The molecule has 2 saturated carbocycles. The van der Waals surface area contributed by atoms with Crippen molar-refractivity contribution in [3.63, 3.8) is 0 Å². The molecule has 0 saturated heterocycles. The third-order valence-electron chi connectivity index (χ3n) is 3.60. The molecule has 0 aromatic heterocycles. The zero-order valence-electron chi connectivity index (χ0n) is 7.40. The van der Waals surface area contributed by atoms with Crippen molar-refractivity contribution in [2.45, 2.75) is 44.3 Å². The minimum atomic E-state index is -4.00. The van der Waals surface area contributed by atoms with Gasteiger partial charge in [-0.3, -0.25) is 0 Å². The normalized spacial score (nSPS) is 45.2. The molecular formula is C9H14F3N. The molecule has 76 valence electrons. The third-order valence-corrected chi connectivity index (χ3v) is 3.60. The predicted octanol–water partition coefficient (Wildman–Crippen LogP) is 2.46. The first-order valence-electron chi connectivity index (χ1n) is 4.76. The fraction of sp³-hybridized carbons (Fsp3) is 1.00. The smallest absolute Gasteiger partial charge is 0.327 e. The van der Waals surface area contributed by atoms with Gasteiger partial charge in [-0.05, 0) is 31.1 Å². The highest BCUT2D eigenvalue weighted by Gasteiger charge is 2.57. The third kappa shape index (κ3) is 1.56. The molecule has 4 heteroatoms. The number of hydrogen-bond donors (Lipinski definition) is 1. The van der Waals surface area contributed by atoms with Gasteiger partial charge in [0.15, 0.2) is 0 Å². The van der Waals surface area contributed by atoms with E-state index in [-0.39, 0.29) is 17.9 Å². The molecule has 3 atom stereocenters. The highest BCUT2D eigenvalue weighted by atomic mass is 19.4. The van der Waals surface area contributed by atoms with Crippen LogP contribution in [-0.4, -0.2) is 12.2 Å². The first-order valence-corrected chi connectivity index (χ1v) is 4.76. The van der Waals surface area contributed by atoms with Crippen molar-refractivity contribution < 1.29 is 13.2 Å². The molecule has 0 amide bonds. The number of rotatable bonds is 0. The predicted molar refractivity (Wildman–Crippen MR) is 43.0 cm³/mol. The van der Waals surface area contributed by atoms with Gasteiger partial charge >= 0.3 is 6.18 Å². The zero-order chi connectivity index (χ0) is 9.69. The van der Waals surface area contributed by atoms with Gasteiger partial charge in [0.25, 0.3) is 0 Å². The van der Waals surface area contributed by atoms with Gasteiger partial charge in [-0.15, -0.1) is 0 Å². The summed E-state index contributed by atoms with van der Waals surface area (Å²) in [6.07, 6.45) is -1.02. The average molecular weight is 193 g/mol. The van der Waals surface area contributed by atoms with Crippen molar-refractivity contribution in [3.8, 4) is 0 Å². The van der Waals surface area contributed by atoms with E-state index in [1.54, 1.807) is 0 Å². The van der Waals surface area contributed by atoms with Crippen molar-refractivity contribution in [2.24, 2.45) is 17.1 Å². The summed E-state index contributed by atoms with van der Waals surface area (Å²) in [6.45, 7) is 0. The van der Waals surface area contributed by atoms with Gasteiger partial charge in [-0.25, -0.2) is 0 Å². The molecule has 2 N–H and O–H groups in total. The molecule has 2 rings (SSSR count). The van der Waals surface area contributed by atoms with Gasteiger partial charge in [0.05, 0.1) is 5.92 Å². The minimum absolute atomic E-state index is 0.0395. The maximum atomic E-state index is 12.4. The van der Waals surface area contributed by atoms with Gasteiger partial charge in [-0.2, -0.15) is 13.2 Å². The molecule has 2 aliphatic rings. The van der Waals surface area contributed by atoms with Gasteiger partial charge in [-0.1, -0.05) is 6.42 Å². The summed E-state index contributed by atoms with van der Waals surface area (Å²) < 4.78 is 37.2. The largest absolute Gasteiger partial charge is 0.391 e. The van der Waals surface area contributed by atoms with Crippen LogP contribution in [0.25, 0.3) is 0 Å². The Morgan fingerprint density at radius 1 is 1.23 bits per heavy atom. The first kappa shape index (κ1) is 9.31. The van der Waals surface area contributed by atoms with E-state index in [2.05, 4.69) is 0 Å². The topological polar surface area (TPSA) is 26.0 Å². The molecule has 2 fully saturated rings. The van der Waals surface area contributed by atoms with Crippen molar-refractivity contribution in [1.29, 1.82) is 0 Å². The summed E-state index contributed by atoms with van der Waals surface area (Å²) in [7, 11) is 0. The summed E-state index contributed by atoms with van der Waals surface area (Å²) in [4.78, 5) is 0. The van der Waals surface area contributed by atoms with Crippen molar-refractivity contribution in [2.75, 3.05) is 0 Å². The van der Waals surface area contributed by atoms with Crippen LogP contribution in [0.1, 0.15) is 32.1 Å². The molecule has 0 aromatic carbocycles. The Bertz CT molecular complexity index is 213. The summed E-state index contributed by atoms with van der Waals surface area (Å²) in [5.74, 6) is -1.09. The standard InChI is InChI=1S/C9H14F3N/c10-9(11,12)6-2-1-3-8(4-6)5-7(8)13/h6-7H,1-5,13H2/t6-,7-,8-/m1/s1. The van der Waals surface area contributed by atoms with E-state index in [4.69, 9.17) is 5.73 Å². The number of halogens is 3. The Kier molecular flexibility index (Phi) is 1.88. The Labute approximate surface area is 75.5 Å².